The first-order valence-electron chi connectivity index (χ1n) is 7.70. The van der Waals surface area contributed by atoms with Gasteiger partial charge in [-0.25, -0.2) is 0 Å². The fourth-order valence-electron chi connectivity index (χ4n) is 3.21. The van der Waals surface area contributed by atoms with Crippen LogP contribution in [0.1, 0.15) is 6.42 Å². The Morgan fingerprint density at radius 3 is 1.79 bits per heavy atom. The van der Waals surface area contributed by atoms with E-state index in [1.807, 2.05) is 0 Å². The summed E-state index contributed by atoms with van der Waals surface area (Å²) < 4.78 is 0. The smallest absolute Gasteiger partial charge is 0.317 e. The molecule has 1 aliphatic heterocycles. The summed E-state index contributed by atoms with van der Waals surface area (Å²) in [7, 11) is 1.65. The van der Waals surface area contributed by atoms with Gasteiger partial charge in [-0.2, -0.15) is 0 Å². The molecule has 0 radical (unpaired) electrons. The summed E-state index contributed by atoms with van der Waals surface area (Å²) in [4.78, 5) is 38.3. The van der Waals surface area contributed by atoms with Gasteiger partial charge in [-0.3, -0.25) is 29.1 Å². The first-order valence-corrected chi connectivity index (χ1v) is 7.70. The van der Waals surface area contributed by atoms with Crippen LogP contribution in [0.4, 0.5) is 0 Å². The molecule has 1 aliphatic rings. The molecule has 0 unspecified atom stereocenters. The minimum Gasteiger partial charge on any atom is -0.480 e. The average Bonchev–Trinajstić information content (AvgIpc) is 2.58. The van der Waals surface area contributed by atoms with Gasteiger partial charge in [0.05, 0.1) is 19.6 Å². The average molecular weight is 346 g/mol. The van der Waals surface area contributed by atoms with Crippen molar-refractivity contribution in [2.45, 2.75) is 12.0 Å². The second-order valence-corrected chi connectivity index (χ2v) is 6.22. The molecule has 0 amide bonds. The summed E-state index contributed by atoms with van der Waals surface area (Å²) >= 11 is 0. The van der Waals surface area contributed by atoms with Gasteiger partial charge in [0.1, 0.15) is 0 Å². The summed E-state index contributed by atoms with van der Waals surface area (Å²) in [6.45, 7) is 1.10. The van der Waals surface area contributed by atoms with Crippen LogP contribution in [0.25, 0.3) is 0 Å². The number of hydrogen-bond acceptors (Lipinski definition) is 7. The van der Waals surface area contributed by atoms with Gasteiger partial charge in [0.15, 0.2) is 0 Å². The molecular formula is C14H26N4O6. The Kier molecular flexibility index (Phi) is 7.55. The number of aliphatic carboxylic acids is 3. The van der Waals surface area contributed by atoms with E-state index in [2.05, 4.69) is 0 Å². The standard InChI is InChI=1S/C14H26N4O6/c1-16(6-11(19)20)14(2-3-15)9-17(7-12(21)22)4-5-18(10-14)8-13(23)24/h2-10,15H2,1H3,(H,19,20)(H,21,22)(H,23,24). The normalized spacial score (nSPS) is 19.1. The number of rotatable bonds is 9. The summed E-state index contributed by atoms with van der Waals surface area (Å²) in [5.74, 6) is -2.97. The molecule has 0 aromatic heterocycles. The van der Waals surface area contributed by atoms with Crippen molar-refractivity contribution in [3.63, 3.8) is 0 Å². The van der Waals surface area contributed by atoms with Gasteiger partial charge in [-0.05, 0) is 20.0 Å². The summed E-state index contributed by atoms with van der Waals surface area (Å²) in [5, 5.41) is 27.2. The maximum atomic E-state index is 11.1. The third-order valence-electron chi connectivity index (χ3n) is 4.28. The SMILES string of the molecule is CN(CC(=O)O)C1(CCN)CN(CC(=O)O)CCN(CC(=O)O)C1. The predicted molar refractivity (Wildman–Crippen MR) is 84.8 cm³/mol. The molecule has 1 heterocycles. The molecule has 0 aromatic carbocycles. The van der Waals surface area contributed by atoms with Gasteiger partial charge in [0.2, 0.25) is 0 Å². The molecule has 5 N–H and O–H groups in total. The Hall–Kier alpha value is -1.75. The molecule has 1 saturated heterocycles. The van der Waals surface area contributed by atoms with E-state index in [9.17, 15) is 14.4 Å². The van der Waals surface area contributed by atoms with Gasteiger partial charge in [0.25, 0.3) is 0 Å². The van der Waals surface area contributed by atoms with Crippen LogP contribution < -0.4 is 5.73 Å². The first-order chi connectivity index (χ1) is 11.2. The van der Waals surface area contributed by atoms with Crippen molar-refractivity contribution in [1.82, 2.24) is 14.7 Å². The molecular weight excluding hydrogens is 320 g/mol. The highest BCUT2D eigenvalue weighted by atomic mass is 16.4. The van der Waals surface area contributed by atoms with E-state index < -0.39 is 23.4 Å². The zero-order chi connectivity index (χ0) is 18.3. The van der Waals surface area contributed by atoms with Gasteiger partial charge in [-0.1, -0.05) is 0 Å². The van der Waals surface area contributed by atoms with E-state index in [4.69, 9.17) is 21.1 Å². The van der Waals surface area contributed by atoms with Crippen LogP contribution in [0.3, 0.4) is 0 Å². The minimum atomic E-state index is -1.01. The lowest BCUT2D eigenvalue weighted by molar-refractivity contribution is -0.142. The van der Waals surface area contributed by atoms with E-state index in [0.29, 0.717) is 32.6 Å². The number of carbonyl (C=O) groups is 3. The van der Waals surface area contributed by atoms with E-state index in [1.165, 1.54) is 0 Å². The second-order valence-electron chi connectivity index (χ2n) is 6.22. The highest BCUT2D eigenvalue weighted by molar-refractivity contribution is 5.70. The van der Waals surface area contributed by atoms with E-state index in [0.717, 1.165) is 0 Å². The molecule has 0 bridgehead atoms. The molecule has 138 valence electrons. The Balaban J connectivity index is 3.10. The fraction of sp³-hybridized carbons (Fsp3) is 0.786. The van der Waals surface area contributed by atoms with Crippen molar-refractivity contribution in [3.05, 3.63) is 0 Å². The number of hydrogen-bond donors (Lipinski definition) is 4. The summed E-state index contributed by atoms with van der Waals surface area (Å²) in [6.07, 6.45) is 0.434. The van der Waals surface area contributed by atoms with E-state index >= 15 is 0 Å². The summed E-state index contributed by atoms with van der Waals surface area (Å²) in [6, 6.07) is 0. The van der Waals surface area contributed by atoms with Crippen molar-refractivity contribution in [2.75, 3.05) is 59.4 Å². The topological polar surface area (TPSA) is 148 Å². The third kappa shape index (κ3) is 6.04. The molecule has 0 spiro atoms. The molecule has 0 aliphatic carbocycles. The van der Waals surface area contributed by atoms with Crippen molar-refractivity contribution in [1.29, 1.82) is 0 Å². The zero-order valence-corrected chi connectivity index (χ0v) is 13.8. The molecule has 0 saturated carbocycles. The van der Waals surface area contributed by atoms with Crippen molar-refractivity contribution < 1.29 is 29.7 Å². The third-order valence-corrected chi connectivity index (χ3v) is 4.28. The Morgan fingerprint density at radius 2 is 1.46 bits per heavy atom. The van der Waals surface area contributed by atoms with Crippen molar-refractivity contribution in [2.24, 2.45) is 5.73 Å². The Labute approximate surface area is 140 Å². The number of carboxylic acid groups (broad SMARTS) is 3. The van der Waals surface area contributed by atoms with Gasteiger partial charge in [0, 0.05) is 31.7 Å². The fourth-order valence-corrected chi connectivity index (χ4v) is 3.21. The molecule has 0 atom stereocenters. The highest BCUT2D eigenvalue weighted by Crippen LogP contribution is 2.24. The van der Waals surface area contributed by atoms with E-state index in [-0.39, 0.29) is 26.2 Å². The van der Waals surface area contributed by atoms with Crippen molar-refractivity contribution >= 4 is 17.9 Å². The molecule has 0 aromatic rings. The molecule has 10 nitrogen and oxygen atoms in total. The number of nitrogens with zero attached hydrogens (tertiary/aromatic N) is 3. The second kappa shape index (κ2) is 8.92. The van der Waals surface area contributed by atoms with Gasteiger partial charge >= 0.3 is 17.9 Å². The van der Waals surface area contributed by atoms with Crippen LogP contribution in [-0.2, 0) is 14.4 Å². The lowest BCUT2D eigenvalue weighted by Gasteiger charge is -2.44. The van der Waals surface area contributed by atoms with Crippen LogP contribution in [0.5, 0.6) is 0 Å². The number of nitrogens with two attached hydrogens (primary N) is 1. The van der Waals surface area contributed by atoms with E-state index in [1.54, 1.807) is 21.7 Å². The molecule has 10 heteroatoms. The Bertz CT molecular complexity index is 446. The zero-order valence-electron chi connectivity index (χ0n) is 13.8. The molecule has 24 heavy (non-hydrogen) atoms. The number of likely N-dealkylation sites (N-methyl/N-ethyl adjacent to an activating group) is 1. The van der Waals surface area contributed by atoms with Gasteiger partial charge < -0.3 is 21.1 Å². The highest BCUT2D eigenvalue weighted by Gasteiger charge is 2.41. The van der Waals surface area contributed by atoms with Crippen LogP contribution in [-0.4, -0.2) is 113 Å². The quantitative estimate of drug-likeness (QED) is 0.365. The lowest BCUT2D eigenvalue weighted by Crippen LogP contribution is -2.60. The largest absolute Gasteiger partial charge is 0.480 e. The maximum absolute atomic E-state index is 11.1. The lowest BCUT2D eigenvalue weighted by atomic mass is 9.91. The maximum Gasteiger partial charge on any atom is 0.317 e. The minimum absolute atomic E-state index is 0.186. The van der Waals surface area contributed by atoms with Crippen LogP contribution in [0.15, 0.2) is 0 Å². The van der Waals surface area contributed by atoms with Crippen LogP contribution >= 0.6 is 0 Å². The predicted octanol–water partition coefficient (Wildman–Crippen LogP) is -2.12. The first kappa shape index (κ1) is 20.3. The van der Waals surface area contributed by atoms with Crippen LogP contribution in [0, 0.1) is 0 Å². The monoisotopic (exact) mass is 346 g/mol. The van der Waals surface area contributed by atoms with Crippen LogP contribution in [0.2, 0.25) is 0 Å². The summed E-state index contributed by atoms with van der Waals surface area (Å²) in [5.41, 5.74) is 4.99. The van der Waals surface area contributed by atoms with Crippen molar-refractivity contribution in [3.8, 4) is 0 Å². The molecule has 1 fully saturated rings. The van der Waals surface area contributed by atoms with Gasteiger partial charge in [-0.15, -0.1) is 0 Å². The Morgan fingerprint density at radius 1 is 1.00 bits per heavy atom. The molecule has 1 rings (SSSR count). The number of carboxylic acids is 3.